The van der Waals surface area contributed by atoms with Gasteiger partial charge in [0, 0.05) is 23.5 Å². The molecule has 154 valence electrons. The number of fused-ring (bicyclic) bond motifs is 1. The van der Waals surface area contributed by atoms with E-state index in [1.807, 2.05) is 30.3 Å². The minimum atomic E-state index is 0.120. The van der Waals surface area contributed by atoms with Gasteiger partial charge < -0.3 is 9.80 Å². The van der Waals surface area contributed by atoms with Crippen LogP contribution >= 0.6 is 11.6 Å². The van der Waals surface area contributed by atoms with E-state index in [0.29, 0.717) is 0 Å². The lowest BCUT2D eigenvalue weighted by Crippen LogP contribution is -2.47. The van der Waals surface area contributed by atoms with Crippen molar-refractivity contribution in [1.29, 1.82) is 5.26 Å². The topological polar surface area (TPSA) is 30.3 Å². The van der Waals surface area contributed by atoms with Crippen molar-refractivity contribution in [3.05, 3.63) is 82.4 Å². The molecule has 0 N–H and O–H groups in total. The zero-order valence-corrected chi connectivity index (χ0v) is 18.5. The maximum atomic E-state index is 9.47. The number of hydrogen-bond donors (Lipinski definition) is 0. The summed E-state index contributed by atoms with van der Waals surface area (Å²) in [5, 5.41) is 12.6. The van der Waals surface area contributed by atoms with E-state index in [9.17, 15) is 5.26 Å². The Morgan fingerprint density at radius 2 is 1.77 bits per heavy atom. The fraction of sp³-hybridized carbons (Fsp3) is 0.346. The van der Waals surface area contributed by atoms with Crippen molar-refractivity contribution < 1.29 is 0 Å². The van der Waals surface area contributed by atoms with Gasteiger partial charge in [-0.15, -0.1) is 0 Å². The highest BCUT2D eigenvalue weighted by molar-refractivity contribution is 6.30. The first kappa shape index (κ1) is 20.9. The molecule has 0 spiro atoms. The Labute approximate surface area is 184 Å². The predicted octanol–water partition coefficient (Wildman–Crippen LogP) is 5.46. The quantitative estimate of drug-likeness (QED) is 0.552. The van der Waals surface area contributed by atoms with Crippen LogP contribution in [-0.2, 0) is 12.0 Å². The Morgan fingerprint density at radius 3 is 2.47 bits per heavy atom. The summed E-state index contributed by atoms with van der Waals surface area (Å²) in [7, 11) is 4.40. The molecule has 1 aliphatic heterocycles. The molecule has 0 aliphatic carbocycles. The minimum Gasteiger partial charge on any atom is -0.306 e. The average Bonchev–Trinajstić information content (AvgIpc) is 2.76. The molecule has 1 fully saturated rings. The van der Waals surface area contributed by atoms with Crippen LogP contribution in [0.25, 0.3) is 10.8 Å². The first-order valence-corrected chi connectivity index (χ1v) is 10.9. The summed E-state index contributed by atoms with van der Waals surface area (Å²) in [5.74, 6) is 0. The number of hydrogen-bond acceptors (Lipinski definition) is 3. The second kappa shape index (κ2) is 8.78. The summed E-state index contributed by atoms with van der Waals surface area (Å²) in [4.78, 5) is 4.83. The third-order valence-corrected chi connectivity index (χ3v) is 6.74. The molecule has 4 heteroatoms. The van der Waals surface area contributed by atoms with Gasteiger partial charge in [-0.05, 0) is 86.2 Å². The van der Waals surface area contributed by atoms with Crippen molar-refractivity contribution in [3.8, 4) is 6.07 Å². The van der Waals surface area contributed by atoms with Gasteiger partial charge in [-0.2, -0.15) is 5.26 Å². The van der Waals surface area contributed by atoms with Gasteiger partial charge in [-0.25, -0.2) is 0 Å². The lowest BCUT2D eigenvalue weighted by atomic mass is 9.72. The van der Waals surface area contributed by atoms with Crippen LogP contribution in [0.5, 0.6) is 0 Å². The molecule has 0 saturated carbocycles. The van der Waals surface area contributed by atoms with E-state index in [-0.39, 0.29) is 5.41 Å². The molecule has 1 aliphatic rings. The Balaban J connectivity index is 1.62. The number of halogens is 1. The SMILES string of the molecule is CN1CCC(CN(C)Cc2cc(C#N)cc3ccccc23)(c2ccc(Cl)cc2)CC1. The molecule has 0 bridgehead atoms. The number of rotatable bonds is 5. The summed E-state index contributed by atoms with van der Waals surface area (Å²) < 4.78 is 0. The molecule has 3 aromatic carbocycles. The monoisotopic (exact) mass is 417 g/mol. The molecule has 0 aromatic heterocycles. The van der Waals surface area contributed by atoms with Crippen LogP contribution in [0.15, 0.2) is 60.7 Å². The van der Waals surface area contributed by atoms with Gasteiger partial charge in [0.2, 0.25) is 0 Å². The van der Waals surface area contributed by atoms with Crippen molar-refractivity contribution >= 4 is 22.4 Å². The zero-order chi connectivity index (χ0) is 21.1. The molecule has 0 radical (unpaired) electrons. The third kappa shape index (κ3) is 4.37. The highest BCUT2D eigenvalue weighted by Gasteiger charge is 2.36. The Morgan fingerprint density at radius 1 is 1.07 bits per heavy atom. The van der Waals surface area contributed by atoms with Crippen molar-refractivity contribution in [2.75, 3.05) is 33.7 Å². The predicted molar refractivity (Wildman–Crippen MR) is 125 cm³/mol. The van der Waals surface area contributed by atoms with Gasteiger partial charge in [0.15, 0.2) is 0 Å². The first-order valence-electron chi connectivity index (χ1n) is 10.5. The summed E-state index contributed by atoms with van der Waals surface area (Å²) in [5.41, 5.74) is 3.44. The molecule has 3 aromatic rings. The number of nitrogens with zero attached hydrogens (tertiary/aromatic N) is 3. The number of piperidine rings is 1. The van der Waals surface area contributed by atoms with Crippen molar-refractivity contribution in [3.63, 3.8) is 0 Å². The molecule has 0 unspecified atom stereocenters. The smallest absolute Gasteiger partial charge is 0.0991 e. The second-order valence-corrected chi connectivity index (χ2v) is 9.17. The van der Waals surface area contributed by atoms with E-state index < -0.39 is 0 Å². The highest BCUT2D eigenvalue weighted by Crippen LogP contribution is 2.37. The van der Waals surface area contributed by atoms with Crippen molar-refractivity contribution in [1.82, 2.24) is 9.80 Å². The molecule has 4 rings (SSSR count). The lowest BCUT2D eigenvalue weighted by molar-refractivity contribution is 0.140. The number of likely N-dealkylation sites (N-methyl/N-ethyl adjacent to an activating group) is 1. The minimum absolute atomic E-state index is 0.120. The standard InChI is InChI=1S/C26H28ClN3/c1-29-13-11-26(12-14-29,23-7-9-24(27)10-8-23)19-30(2)18-22-16-20(17-28)15-21-5-3-4-6-25(21)22/h3-10,15-16H,11-14,18-19H2,1-2H3. The Hall–Kier alpha value is -2.38. The molecule has 1 saturated heterocycles. The highest BCUT2D eigenvalue weighted by atomic mass is 35.5. The van der Waals surface area contributed by atoms with Crippen LogP contribution < -0.4 is 0 Å². The van der Waals surface area contributed by atoms with E-state index >= 15 is 0 Å². The molecular formula is C26H28ClN3. The van der Waals surface area contributed by atoms with Crippen LogP contribution in [-0.4, -0.2) is 43.5 Å². The van der Waals surface area contributed by atoms with Gasteiger partial charge in [0.05, 0.1) is 11.6 Å². The molecule has 30 heavy (non-hydrogen) atoms. The fourth-order valence-corrected chi connectivity index (χ4v) is 4.96. The second-order valence-electron chi connectivity index (χ2n) is 8.73. The van der Waals surface area contributed by atoms with Crippen molar-refractivity contribution in [2.24, 2.45) is 0 Å². The maximum absolute atomic E-state index is 9.47. The Kier molecular flexibility index (Phi) is 6.11. The van der Waals surface area contributed by atoms with Crippen molar-refractivity contribution in [2.45, 2.75) is 24.8 Å². The van der Waals surface area contributed by atoms with Crippen LogP contribution in [0.1, 0.15) is 29.5 Å². The summed E-state index contributed by atoms with van der Waals surface area (Å²) in [6, 6.07) is 23.1. The Bertz CT molecular complexity index is 1060. The van der Waals surface area contributed by atoms with E-state index in [1.54, 1.807) is 0 Å². The molecular weight excluding hydrogens is 390 g/mol. The number of likely N-dealkylation sites (tertiary alicyclic amines) is 1. The van der Waals surface area contributed by atoms with Crippen LogP contribution in [0.4, 0.5) is 0 Å². The molecule has 0 amide bonds. The van der Waals surface area contributed by atoms with E-state index in [2.05, 4.69) is 60.3 Å². The van der Waals surface area contributed by atoms with Gasteiger partial charge in [0.25, 0.3) is 0 Å². The van der Waals surface area contributed by atoms with Gasteiger partial charge in [-0.1, -0.05) is 48.0 Å². The summed E-state index contributed by atoms with van der Waals surface area (Å²) in [6.07, 6.45) is 2.27. The zero-order valence-electron chi connectivity index (χ0n) is 17.7. The first-order chi connectivity index (χ1) is 14.5. The summed E-state index contributed by atoms with van der Waals surface area (Å²) in [6.45, 7) is 4.00. The van der Waals surface area contributed by atoms with Gasteiger partial charge in [-0.3, -0.25) is 0 Å². The fourth-order valence-electron chi connectivity index (χ4n) is 4.84. The van der Waals surface area contributed by atoms with E-state index in [4.69, 9.17) is 11.6 Å². The number of nitriles is 1. The lowest BCUT2D eigenvalue weighted by Gasteiger charge is -2.43. The maximum Gasteiger partial charge on any atom is 0.0991 e. The van der Waals surface area contributed by atoms with Crippen LogP contribution in [0.2, 0.25) is 5.02 Å². The third-order valence-electron chi connectivity index (χ3n) is 6.49. The largest absolute Gasteiger partial charge is 0.306 e. The van der Waals surface area contributed by atoms with Gasteiger partial charge >= 0.3 is 0 Å². The van der Waals surface area contributed by atoms with E-state index in [1.165, 1.54) is 16.5 Å². The van der Waals surface area contributed by atoms with Crippen LogP contribution in [0, 0.1) is 11.3 Å². The normalized spacial score (nSPS) is 16.6. The van der Waals surface area contributed by atoms with Gasteiger partial charge in [0.1, 0.15) is 0 Å². The van der Waals surface area contributed by atoms with Crippen LogP contribution in [0.3, 0.4) is 0 Å². The van der Waals surface area contributed by atoms with E-state index in [0.717, 1.165) is 55.0 Å². The molecule has 0 atom stereocenters. The number of benzene rings is 3. The average molecular weight is 418 g/mol. The molecule has 3 nitrogen and oxygen atoms in total. The molecule has 1 heterocycles. The summed E-state index contributed by atoms with van der Waals surface area (Å²) >= 11 is 6.17.